The van der Waals surface area contributed by atoms with E-state index in [0.29, 0.717) is 0 Å². The van der Waals surface area contributed by atoms with Crippen molar-refractivity contribution in [3.63, 3.8) is 0 Å². The first kappa shape index (κ1) is 13.3. The number of amides is 2. The fourth-order valence-electron chi connectivity index (χ4n) is 2.06. The second kappa shape index (κ2) is 5.69. The molecule has 1 aromatic rings. The highest BCUT2D eigenvalue weighted by Crippen LogP contribution is 2.21. The molecule has 5 nitrogen and oxygen atoms in total. The molecule has 6 heteroatoms. The summed E-state index contributed by atoms with van der Waals surface area (Å²) < 4.78 is 18.3. The SMILES string of the molecule is NC(=O)[C@@H]1C[C@H](F)CN1C(=O)OCc1ccccc1. The van der Waals surface area contributed by atoms with Crippen LogP contribution in [0.2, 0.25) is 0 Å². The highest BCUT2D eigenvalue weighted by Gasteiger charge is 2.39. The van der Waals surface area contributed by atoms with Gasteiger partial charge in [-0.05, 0) is 5.56 Å². The topological polar surface area (TPSA) is 72.6 Å². The third-order valence-electron chi connectivity index (χ3n) is 3.02. The van der Waals surface area contributed by atoms with Crippen molar-refractivity contribution in [2.75, 3.05) is 6.54 Å². The maximum atomic E-state index is 13.3. The molecule has 0 aromatic heterocycles. The first-order valence-corrected chi connectivity index (χ1v) is 5.98. The molecular formula is C13H15FN2O3. The summed E-state index contributed by atoms with van der Waals surface area (Å²) in [5.74, 6) is -0.711. The molecular weight excluding hydrogens is 251 g/mol. The van der Waals surface area contributed by atoms with Gasteiger partial charge in [-0.15, -0.1) is 0 Å². The first-order chi connectivity index (χ1) is 9.08. The van der Waals surface area contributed by atoms with Crippen LogP contribution >= 0.6 is 0 Å². The van der Waals surface area contributed by atoms with E-state index in [0.717, 1.165) is 10.5 Å². The van der Waals surface area contributed by atoms with Crippen molar-refractivity contribution in [2.24, 2.45) is 5.73 Å². The standard InChI is InChI=1S/C13H15FN2O3/c14-10-6-11(12(15)17)16(7-10)13(18)19-8-9-4-2-1-3-5-9/h1-5,10-11H,6-8H2,(H2,15,17)/t10-,11-/m0/s1. The van der Waals surface area contributed by atoms with E-state index in [1.165, 1.54) is 0 Å². The van der Waals surface area contributed by atoms with Crippen molar-refractivity contribution in [3.8, 4) is 0 Å². The van der Waals surface area contributed by atoms with E-state index in [-0.39, 0.29) is 19.6 Å². The Morgan fingerprint density at radius 3 is 2.68 bits per heavy atom. The van der Waals surface area contributed by atoms with Crippen LogP contribution in [0.4, 0.5) is 9.18 Å². The minimum absolute atomic E-state index is 0.0598. The predicted molar refractivity (Wildman–Crippen MR) is 65.8 cm³/mol. The Morgan fingerprint density at radius 1 is 1.37 bits per heavy atom. The molecule has 1 fully saturated rings. The molecule has 1 aromatic carbocycles. The molecule has 0 unspecified atom stereocenters. The molecule has 2 atom stereocenters. The third kappa shape index (κ3) is 3.21. The lowest BCUT2D eigenvalue weighted by Gasteiger charge is -2.21. The molecule has 19 heavy (non-hydrogen) atoms. The van der Waals surface area contributed by atoms with Gasteiger partial charge in [0, 0.05) is 6.42 Å². The number of halogens is 1. The third-order valence-corrected chi connectivity index (χ3v) is 3.02. The maximum Gasteiger partial charge on any atom is 0.410 e. The monoisotopic (exact) mass is 266 g/mol. The van der Waals surface area contributed by atoms with Gasteiger partial charge in [-0.1, -0.05) is 30.3 Å². The summed E-state index contributed by atoms with van der Waals surface area (Å²) in [4.78, 5) is 24.0. The summed E-state index contributed by atoms with van der Waals surface area (Å²) in [6.45, 7) is -0.0696. The summed E-state index contributed by atoms with van der Waals surface area (Å²) in [5, 5.41) is 0. The number of alkyl halides is 1. The highest BCUT2D eigenvalue weighted by molar-refractivity contribution is 5.85. The maximum absolute atomic E-state index is 13.3. The lowest BCUT2D eigenvalue weighted by atomic mass is 10.2. The molecule has 1 saturated heterocycles. The van der Waals surface area contributed by atoms with Crippen LogP contribution in [-0.4, -0.2) is 35.7 Å². The molecule has 2 N–H and O–H groups in total. The molecule has 0 radical (unpaired) electrons. The van der Waals surface area contributed by atoms with E-state index >= 15 is 0 Å². The zero-order chi connectivity index (χ0) is 13.8. The van der Waals surface area contributed by atoms with E-state index in [4.69, 9.17) is 10.5 Å². The number of carbonyl (C=O) groups excluding carboxylic acids is 2. The number of benzene rings is 1. The van der Waals surface area contributed by atoms with E-state index in [1.807, 2.05) is 18.2 Å². The smallest absolute Gasteiger partial charge is 0.410 e. The molecule has 0 spiro atoms. The summed E-state index contributed by atoms with van der Waals surface area (Å²) >= 11 is 0. The van der Waals surface area contributed by atoms with Gasteiger partial charge in [0.15, 0.2) is 0 Å². The fourth-order valence-corrected chi connectivity index (χ4v) is 2.06. The average molecular weight is 266 g/mol. The number of nitrogens with two attached hydrogens (primary N) is 1. The Balaban J connectivity index is 1.94. The van der Waals surface area contributed by atoms with Gasteiger partial charge in [-0.25, -0.2) is 9.18 Å². The van der Waals surface area contributed by atoms with Crippen LogP contribution < -0.4 is 5.73 Å². The Morgan fingerprint density at radius 2 is 2.05 bits per heavy atom. The van der Waals surface area contributed by atoms with Gasteiger partial charge in [0.2, 0.25) is 5.91 Å². The van der Waals surface area contributed by atoms with Crippen LogP contribution in [0.3, 0.4) is 0 Å². The molecule has 102 valence electrons. The van der Waals surface area contributed by atoms with E-state index < -0.39 is 24.2 Å². The van der Waals surface area contributed by atoms with Gasteiger partial charge < -0.3 is 10.5 Å². The zero-order valence-electron chi connectivity index (χ0n) is 10.3. The van der Waals surface area contributed by atoms with Crippen molar-refractivity contribution in [1.82, 2.24) is 4.90 Å². The molecule has 1 aliphatic rings. The van der Waals surface area contributed by atoms with Crippen LogP contribution in [0, 0.1) is 0 Å². The molecule has 2 rings (SSSR count). The van der Waals surface area contributed by atoms with E-state index in [1.54, 1.807) is 12.1 Å². The average Bonchev–Trinajstić information content (AvgIpc) is 2.79. The Kier molecular flexibility index (Phi) is 3.99. The number of nitrogens with zero attached hydrogens (tertiary/aromatic N) is 1. The van der Waals surface area contributed by atoms with E-state index in [9.17, 15) is 14.0 Å². The van der Waals surface area contributed by atoms with Crippen molar-refractivity contribution in [1.29, 1.82) is 0 Å². The molecule has 0 bridgehead atoms. The van der Waals surface area contributed by atoms with Gasteiger partial charge in [-0.2, -0.15) is 0 Å². The first-order valence-electron chi connectivity index (χ1n) is 5.98. The van der Waals surface area contributed by atoms with E-state index in [2.05, 4.69) is 0 Å². The number of ether oxygens (including phenoxy) is 1. The van der Waals surface area contributed by atoms with Crippen molar-refractivity contribution in [2.45, 2.75) is 25.2 Å². The summed E-state index contributed by atoms with van der Waals surface area (Å²) in [6.07, 6.45) is -2.01. The van der Waals surface area contributed by atoms with Crippen LogP contribution in [0.5, 0.6) is 0 Å². The van der Waals surface area contributed by atoms with Gasteiger partial charge in [-0.3, -0.25) is 9.69 Å². The van der Waals surface area contributed by atoms with Crippen molar-refractivity contribution in [3.05, 3.63) is 35.9 Å². The molecule has 1 aliphatic heterocycles. The van der Waals surface area contributed by atoms with Crippen molar-refractivity contribution >= 4 is 12.0 Å². The number of primary amides is 1. The largest absolute Gasteiger partial charge is 0.445 e. The summed E-state index contributed by atoms with van der Waals surface area (Å²) in [6, 6.07) is 8.19. The lowest BCUT2D eigenvalue weighted by molar-refractivity contribution is -0.122. The Bertz CT molecular complexity index is 466. The van der Waals surface area contributed by atoms with Crippen LogP contribution in [0.15, 0.2) is 30.3 Å². The lowest BCUT2D eigenvalue weighted by Crippen LogP contribution is -2.43. The quantitative estimate of drug-likeness (QED) is 0.894. The van der Waals surface area contributed by atoms with Crippen molar-refractivity contribution < 1.29 is 18.7 Å². The normalized spacial score (nSPS) is 22.3. The number of hydrogen-bond acceptors (Lipinski definition) is 3. The number of likely N-dealkylation sites (tertiary alicyclic amines) is 1. The number of hydrogen-bond donors (Lipinski definition) is 1. The fraction of sp³-hybridized carbons (Fsp3) is 0.385. The second-order valence-corrected chi connectivity index (χ2v) is 4.44. The molecule has 0 aliphatic carbocycles. The minimum Gasteiger partial charge on any atom is -0.445 e. The molecule has 1 heterocycles. The predicted octanol–water partition coefficient (Wildman–Crippen LogP) is 1.22. The van der Waals surface area contributed by atoms with Gasteiger partial charge in [0.05, 0.1) is 6.54 Å². The molecule has 0 saturated carbocycles. The zero-order valence-corrected chi connectivity index (χ0v) is 10.3. The minimum atomic E-state index is -1.23. The van der Waals surface area contributed by atoms with Gasteiger partial charge in [0.25, 0.3) is 0 Å². The van der Waals surface area contributed by atoms with Gasteiger partial charge >= 0.3 is 6.09 Å². The van der Waals surface area contributed by atoms with Gasteiger partial charge in [0.1, 0.15) is 18.8 Å². The van der Waals surface area contributed by atoms with Crippen LogP contribution in [0.1, 0.15) is 12.0 Å². The Hall–Kier alpha value is -2.11. The molecule has 2 amide bonds. The van der Waals surface area contributed by atoms with Crippen LogP contribution in [-0.2, 0) is 16.1 Å². The van der Waals surface area contributed by atoms with Crippen LogP contribution in [0.25, 0.3) is 0 Å². The number of carbonyl (C=O) groups is 2. The summed E-state index contributed by atoms with van der Waals surface area (Å²) in [7, 11) is 0. The Labute approximate surface area is 110 Å². The number of rotatable bonds is 3. The second-order valence-electron chi connectivity index (χ2n) is 4.44. The summed E-state index contributed by atoms with van der Waals surface area (Å²) in [5.41, 5.74) is 5.96. The highest BCUT2D eigenvalue weighted by atomic mass is 19.1.